The van der Waals surface area contributed by atoms with E-state index in [1.54, 1.807) is 12.1 Å². The molecule has 4 rings (SSSR count). The van der Waals surface area contributed by atoms with Crippen LogP contribution in [0.4, 0.5) is 5.69 Å². The van der Waals surface area contributed by atoms with Crippen LogP contribution >= 0.6 is 15.9 Å². The van der Waals surface area contributed by atoms with Crippen molar-refractivity contribution in [2.45, 2.75) is 24.7 Å². The molecule has 2 heterocycles. The summed E-state index contributed by atoms with van der Waals surface area (Å²) in [5.74, 6) is -0.383. The number of carbonyl (C=O) groups is 1. The summed E-state index contributed by atoms with van der Waals surface area (Å²) >= 11 is 3.38. The number of pyridine rings is 1. The van der Waals surface area contributed by atoms with Crippen LogP contribution in [0.1, 0.15) is 28.9 Å². The van der Waals surface area contributed by atoms with E-state index in [0.717, 1.165) is 29.4 Å². The van der Waals surface area contributed by atoms with E-state index in [4.69, 9.17) is 0 Å². The van der Waals surface area contributed by atoms with E-state index < -0.39 is 10.0 Å². The molecule has 0 radical (unpaired) electrons. The van der Waals surface area contributed by atoms with Gasteiger partial charge in [0.15, 0.2) is 0 Å². The summed E-state index contributed by atoms with van der Waals surface area (Å²) in [5.41, 5.74) is 2.47. The lowest BCUT2D eigenvalue weighted by Gasteiger charge is -2.17. The monoisotopic (exact) mass is 473 g/mol. The van der Waals surface area contributed by atoms with E-state index in [1.165, 1.54) is 16.4 Å². The van der Waals surface area contributed by atoms with Crippen LogP contribution in [0.5, 0.6) is 0 Å². The Morgan fingerprint density at radius 2 is 1.83 bits per heavy atom. The Morgan fingerprint density at radius 1 is 1.10 bits per heavy atom. The maximum absolute atomic E-state index is 13.0. The van der Waals surface area contributed by atoms with Gasteiger partial charge in [-0.25, -0.2) is 8.42 Å². The van der Waals surface area contributed by atoms with Crippen molar-refractivity contribution < 1.29 is 13.2 Å². The lowest BCUT2D eigenvalue weighted by Crippen LogP contribution is -2.28. The number of para-hydroxylation sites is 1. The zero-order chi connectivity index (χ0) is 20.6. The average molecular weight is 474 g/mol. The highest BCUT2D eigenvalue weighted by molar-refractivity contribution is 9.10. The minimum Gasteiger partial charge on any atom is -0.321 e. The van der Waals surface area contributed by atoms with Crippen molar-refractivity contribution in [3.63, 3.8) is 0 Å². The maximum Gasteiger partial charge on any atom is 0.256 e. The van der Waals surface area contributed by atoms with Crippen LogP contribution in [0.3, 0.4) is 0 Å². The van der Waals surface area contributed by atoms with Gasteiger partial charge in [0, 0.05) is 28.6 Å². The van der Waals surface area contributed by atoms with Gasteiger partial charge < -0.3 is 5.32 Å². The number of fused-ring (bicyclic) bond motifs is 1. The Bertz CT molecular complexity index is 1210. The zero-order valence-corrected chi connectivity index (χ0v) is 18.3. The van der Waals surface area contributed by atoms with Crippen LogP contribution in [0.2, 0.25) is 0 Å². The number of sulfonamides is 1. The number of hydrogen-bond acceptors (Lipinski definition) is 4. The van der Waals surface area contributed by atoms with Crippen molar-refractivity contribution in [2.24, 2.45) is 0 Å². The third-order valence-electron chi connectivity index (χ3n) is 4.98. The molecule has 1 aliphatic rings. The number of halogens is 1. The smallest absolute Gasteiger partial charge is 0.256 e. The van der Waals surface area contributed by atoms with Crippen LogP contribution in [-0.2, 0) is 10.0 Å². The van der Waals surface area contributed by atoms with Crippen LogP contribution in [-0.4, -0.2) is 36.7 Å². The van der Waals surface area contributed by atoms with Crippen LogP contribution in [0.25, 0.3) is 10.9 Å². The van der Waals surface area contributed by atoms with Gasteiger partial charge in [-0.05, 0) is 66.0 Å². The summed E-state index contributed by atoms with van der Waals surface area (Å²) in [6, 6.07) is 13.9. The number of amides is 1. The van der Waals surface area contributed by atoms with E-state index in [2.05, 4.69) is 26.2 Å². The number of aryl methyl sites for hydroxylation is 1. The van der Waals surface area contributed by atoms with E-state index in [0.29, 0.717) is 23.2 Å². The van der Waals surface area contributed by atoms with Crippen LogP contribution < -0.4 is 5.32 Å². The summed E-state index contributed by atoms with van der Waals surface area (Å²) in [7, 11) is -3.60. The molecule has 1 fully saturated rings. The number of anilines is 1. The van der Waals surface area contributed by atoms with Crippen molar-refractivity contribution in [2.75, 3.05) is 18.4 Å². The Kier molecular flexibility index (Phi) is 5.42. The van der Waals surface area contributed by atoms with Crippen molar-refractivity contribution in [3.8, 4) is 0 Å². The number of hydrogen-bond donors (Lipinski definition) is 1. The highest BCUT2D eigenvalue weighted by atomic mass is 79.9. The predicted octanol–water partition coefficient (Wildman–Crippen LogP) is 4.34. The van der Waals surface area contributed by atoms with Gasteiger partial charge in [-0.2, -0.15) is 4.31 Å². The van der Waals surface area contributed by atoms with Gasteiger partial charge in [0.1, 0.15) is 0 Å². The summed E-state index contributed by atoms with van der Waals surface area (Å²) in [4.78, 5) is 17.6. The molecule has 1 aromatic heterocycles. The second-order valence-electron chi connectivity index (χ2n) is 7.04. The number of nitrogens with zero attached hydrogens (tertiary/aromatic N) is 2. The number of rotatable bonds is 4. The first-order chi connectivity index (χ1) is 13.9. The average Bonchev–Trinajstić information content (AvgIpc) is 3.23. The Morgan fingerprint density at radius 3 is 2.59 bits per heavy atom. The van der Waals surface area contributed by atoms with Gasteiger partial charge in [-0.15, -0.1) is 0 Å². The lowest BCUT2D eigenvalue weighted by molar-refractivity contribution is 0.102. The van der Waals surface area contributed by atoms with Crippen molar-refractivity contribution in [3.05, 3.63) is 64.3 Å². The summed E-state index contributed by atoms with van der Waals surface area (Å²) in [6.07, 6.45) is 1.72. The molecule has 1 saturated heterocycles. The molecule has 0 atom stereocenters. The number of aromatic nitrogens is 1. The SMILES string of the molecule is Cc1cc(NC(=O)c2cc(S(=O)(=O)N3CCCC3)ccc2Br)c2ccccc2n1. The Balaban J connectivity index is 1.70. The molecule has 0 spiro atoms. The van der Waals surface area contributed by atoms with Crippen molar-refractivity contribution in [1.29, 1.82) is 0 Å². The predicted molar refractivity (Wildman–Crippen MR) is 117 cm³/mol. The molecule has 0 aliphatic carbocycles. The van der Waals surface area contributed by atoms with Crippen LogP contribution in [0.15, 0.2) is 57.9 Å². The minimum absolute atomic E-state index is 0.128. The van der Waals surface area contributed by atoms with Gasteiger partial charge in [-0.3, -0.25) is 9.78 Å². The second-order valence-corrected chi connectivity index (χ2v) is 9.83. The van der Waals surface area contributed by atoms with Gasteiger partial charge in [-0.1, -0.05) is 18.2 Å². The molecule has 2 aromatic carbocycles. The molecular weight excluding hydrogens is 454 g/mol. The van der Waals surface area contributed by atoms with Gasteiger partial charge in [0.2, 0.25) is 10.0 Å². The first-order valence-electron chi connectivity index (χ1n) is 9.34. The summed E-state index contributed by atoms with van der Waals surface area (Å²) in [6.45, 7) is 2.89. The molecule has 6 nitrogen and oxygen atoms in total. The molecule has 1 amide bonds. The van der Waals surface area contributed by atoms with E-state index in [1.807, 2.05) is 31.2 Å². The number of nitrogens with one attached hydrogen (secondary N) is 1. The quantitative estimate of drug-likeness (QED) is 0.610. The van der Waals surface area contributed by atoms with Crippen LogP contribution in [0, 0.1) is 6.92 Å². The Labute approximate surface area is 178 Å². The molecule has 1 aliphatic heterocycles. The minimum atomic E-state index is -3.60. The van der Waals surface area contributed by atoms with Crippen molar-refractivity contribution in [1.82, 2.24) is 9.29 Å². The summed E-state index contributed by atoms with van der Waals surface area (Å²) in [5, 5.41) is 3.74. The summed E-state index contributed by atoms with van der Waals surface area (Å²) < 4.78 is 27.7. The fourth-order valence-electron chi connectivity index (χ4n) is 3.52. The molecule has 150 valence electrons. The molecule has 8 heteroatoms. The topological polar surface area (TPSA) is 79.4 Å². The molecule has 3 aromatic rings. The van der Waals surface area contributed by atoms with Gasteiger partial charge >= 0.3 is 0 Å². The fourth-order valence-corrected chi connectivity index (χ4v) is 5.49. The molecule has 0 saturated carbocycles. The first-order valence-corrected chi connectivity index (χ1v) is 11.6. The third-order valence-corrected chi connectivity index (χ3v) is 7.56. The Hall–Kier alpha value is -2.29. The lowest BCUT2D eigenvalue weighted by atomic mass is 10.1. The fraction of sp³-hybridized carbons (Fsp3) is 0.238. The first kappa shape index (κ1) is 20.0. The van der Waals surface area contributed by atoms with Gasteiger partial charge in [0.05, 0.1) is 21.7 Å². The van der Waals surface area contributed by atoms with Crippen molar-refractivity contribution >= 4 is 48.5 Å². The highest BCUT2D eigenvalue weighted by Gasteiger charge is 2.28. The maximum atomic E-state index is 13.0. The van der Waals surface area contributed by atoms with E-state index in [-0.39, 0.29) is 16.4 Å². The molecule has 0 bridgehead atoms. The zero-order valence-electron chi connectivity index (χ0n) is 15.9. The number of benzene rings is 2. The van der Waals surface area contributed by atoms with E-state index >= 15 is 0 Å². The van der Waals surface area contributed by atoms with Gasteiger partial charge in [0.25, 0.3) is 5.91 Å². The highest BCUT2D eigenvalue weighted by Crippen LogP contribution is 2.28. The number of carbonyl (C=O) groups excluding carboxylic acids is 1. The van der Waals surface area contributed by atoms with E-state index in [9.17, 15) is 13.2 Å². The third kappa shape index (κ3) is 3.92. The normalized spacial score (nSPS) is 15.0. The molecular formula is C21H20BrN3O3S. The second kappa shape index (κ2) is 7.85. The standard InChI is InChI=1S/C21H20BrN3O3S/c1-14-12-20(16-6-2-3-7-19(16)23-14)24-21(26)17-13-15(8-9-18(17)22)29(27,28)25-10-4-5-11-25/h2-3,6-9,12-13H,4-5,10-11H2,1H3,(H,23,24,26). The largest absolute Gasteiger partial charge is 0.321 e. The molecule has 29 heavy (non-hydrogen) atoms. The molecule has 1 N–H and O–H groups in total. The molecule has 0 unspecified atom stereocenters.